The molecular weight excluding hydrogens is 308 g/mol. The van der Waals surface area contributed by atoms with E-state index in [9.17, 15) is 9.59 Å². The van der Waals surface area contributed by atoms with Gasteiger partial charge in [0.15, 0.2) is 5.41 Å². The zero-order valence-corrected chi connectivity index (χ0v) is 14.4. The first-order valence-corrected chi connectivity index (χ1v) is 8.64. The fourth-order valence-corrected chi connectivity index (χ4v) is 3.96. The molecule has 0 radical (unpaired) electrons. The Hall–Kier alpha value is -2.04. The number of hydrogen-bond donors (Lipinski definition) is 0. The summed E-state index contributed by atoms with van der Waals surface area (Å²) in [5.74, 6) is -0.311. The average Bonchev–Trinajstić information content (AvgIpc) is 3.22. The van der Waals surface area contributed by atoms with Crippen LogP contribution in [0.4, 0.5) is 0 Å². The third-order valence-electron chi connectivity index (χ3n) is 5.11. The summed E-state index contributed by atoms with van der Waals surface area (Å²) in [5.41, 5.74) is 2.00. The van der Waals surface area contributed by atoms with Gasteiger partial charge in [0, 0.05) is 5.92 Å². The van der Waals surface area contributed by atoms with Gasteiger partial charge in [-0.25, -0.2) is 0 Å². The van der Waals surface area contributed by atoms with Gasteiger partial charge in [-0.3, -0.25) is 9.59 Å². The number of carbonyl (C=O) groups excluding carboxylic acids is 2. The predicted molar refractivity (Wildman–Crippen MR) is 87.5 cm³/mol. The van der Waals surface area contributed by atoms with Crippen LogP contribution in [0.3, 0.4) is 0 Å². The smallest absolute Gasteiger partial charge is 0.323 e. The number of rotatable bonds is 5. The number of carbonyl (C=O) groups is 2. The molecule has 0 spiro atoms. The molecule has 2 aliphatic carbocycles. The molecule has 0 aromatic carbocycles. The molecule has 0 N–H and O–H groups in total. The summed E-state index contributed by atoms with van der Waals surface area (Å²) in [5, 5.41) is 0. The van der Waals surface area contributed by atoms with Crippen LogP contribution in [0.15, 0.2) is 22.8 Å². The minimum atomic E-state index is -1.30. The number of ether oxygens (including phenoxy) is 2. The molecule has 2 aliphatic rings. The Bertz CT molecular complexity index is 651. The van der Waals surface area contributed by atoms with Crippen LogP contribution in [0.25, 0.3) is 0 Å². The molecule has 3 rings (SSSR count). The molecule has 130 valence electrons. The Morgan fingerprint density at radius 3 is 2.54 bits per heavy atom. The fraction of sp³-hybridized carbons (Fsp3) is 0.579. The van der Waals surface area contributed by atoms with Gasteiger partial charge in [0.1, 0.15) is 5.76 Å². The number of furan rings is 1. The van der Waals surface area contributed by atoms with E-state index >= 15 is 0 Å². The van der Waals surface area contributed by atoms with Crippen molar-refractivity contribution in [2.24, 2.45) is 5.41 Å². The van der Waals surface area contributed by atoms with Gasteiger partial charge < -0.3 is 13.9 Å². The summed E-state index contributed by atoms with van der Waals surface area (Å²) in [4.78, 5) is 25.2. The second-order valence-corrected chi connectivity index (χ2v) is 6.57. The van der Waals surface area contributed by atoms with Gasteiger partial charge in [-0.2, -0.15) is 0 Å². The van der Waals surface area contributed by atoms with Crippen LogP contribution in [0.5, 0.6) is 0 Å². The van der Waals surface area contributed by atoms with Crippen molar-refractivity contribution in [2.75, 3.05) is 13.2 Å². The molecule has 1 atom stereocenters. The van der Waals surface area contributed by atoms with Crippen LogP contribution < -0.4 is 0 Å². The Labute approximate surface area is 142 Å². The van der Waals surface area contributed by atoms with Crippen molar-refractivity contribution >= 4 is 11.9 Å². The molecule has 0 bridgehead atoms. The maximum atomic E-state index is 12.6. The van der Waals surface area contributed by atoms with Crippen molar-refractivity contribution in [2.45, 2.75) is 51.9 Å². The SMILES string of the molecule is C=C1CC(C(=O)OCC)(C(=O)OCC)CC1c1occ2c1CCC2. The minimum Gasteiger partial charge on any atom is -0.468 e. The highest BCUT2D eigenvalue weighted by Crippen LogP contribution is 2.52. The van der Waals surface area contributed by atoms with E-state index in [1.807, 2.05) is 0 Å². The average molecular weight is 332 g/mol. The summed E-state index contributed by atoms with van der Waals surface area (Å²) in [6.07, 6.45) is 5.50. The van der Waals surface area contributed by atoms with E-state index in [-0.39, 0.29) is 25.6 Å². The highest BCUT2D eigenvalue weighted by Gasteiger charge is 2.56. The first-order valence-electron chi connectivity index (χ1n) is 8.64. The number of fused-ring (bicyclic) bond motifs is 1. The molecule has 5 nitrogen and oxygen atoms in total. The Morgan fingerprint density at radius 2 is 1.92 bits per heavy atom. The molecule has 5 heteroatoms. The van der Waals surface area contributed by atoms with Gasteiger partial charge in [0.25, 0.3) is 0 Å². The zero-order valence-electron chi connectivity index (χ0n) is 14.4. The van der Waals surface area contributed by atoms with Gasteiger partial charge in [0.2, 0.25) is 0 Å². The van der Waals surface area contributed by atoms with Crippen molar-refractivity contribution in [3.63, 3.8) is 0 Å². The highest BCUT2D eigenvalue weighted by molar-refractivity contribution is 6.01. The second-order valence-electron chi connectivity index (χ2n) is 6.57. The molecule has 1 fully saturated rings. The first kappa shape index (κ1) is 16.8. The number of aryl methyl sites for hydroxylation is 1. The second kappa shape index (κ2) is 6.46. The van der Waals surface area contributed by atoms with Crippen LogP contribution in [0.1, 0.15) is 55.9 Å². The van der Waals surface area contributed by atoms with Crippen molar-refractivity contribution in [3.05, 3.63) is 35.3 Å². The summed E-state index contributed by atoms with van der Waals surface area (Å²) >= 11 is 0. The van der Waals surface area contributed by atoms with Gasteiger partial charge in [-0.05, 0) is 57.1 Å². The molecule has 1 aromatic rings. The van der Waals surface area contributed by atoms with E-state index in [2.05, 4.69) is 6.58 Å². The van der Waals surface area contributed by atoms with Crippen molar-refractivity contribution in [1.29, 1.82) is 0 Å². The Balaban J connectivity index is 1.93. The normalized spacial score (nSPS) is 21.6. The van der Waals surface area contributed by atoms with Gasteiger partial charge in [0.05, 0.1) is 19.5 Å². The van der Waals surface area contributed by atoms with Gasteiger partial charge in [-0.15, -0.1) is 0 Å². The van der Waals surface area contributed by atoms with Crippen molar-refractivity contribution in [1.82, 2.24) is 0 Å². The lowest BCUT2D eigenvalue weighted by Gasteiger charge is -2.24. The lowest BCUT2D eigenvalue weighted by atomic mass is 9.84. The van der Waals surface area contributed by atoms with E-state index in [1.165, 1.54) is 11.1 Å². The molecule has 1 saturated carbocycles. The molecule has 1 unspecified atom stereocenters. The van der Waals surface area contributed by atoms with Gasteiger partial charge in [-0.1, -0.05) is 12.2 Å². The molecule has 0 amide bonds. The van der Waals surface area contributed by atoms with Crippen molar-refractivity contribution < 1.29 is 23.5 Å². The summed E-state index contributed by atoms with van der Waals surface area (Å²) in [6, 6.07) is 0. The number of hydrogen-bond acceptors (Lipinski definition) is 5. The molecular formula is C19H24O5. The van der Waals surface area contributed by atoms with E-state index < -0.39 is 17.4 Å². The summed E-state index contributed by atoms with van der Waals surface area (Å²) in [7, 11) is 0. The van der Waals surface area contributed by atoms with E-state index in [0.717, 1.165) is 30.6 Å². The summed E-state index contributed by atoms with van der Waals surface area (Å²) in [6.45, 7) is 8.05. The van der Waals surface area contributed by atoms with E-state index in [4.69, 9.17) is 13.9 Å². The van der Waals surface area contributed by atoms with Crippen molar-refractivity contribution in [3.8, 4) is 0 Å². The quantitative estimate of drug-likeness (QED) is 0.470. The highest BCUT2D eigenvalue weighted by atomic mass is 16.6. The molecule has 0 aliphatic heterocycles. The monoisotopic (exact) mass is 332 g/mol. The van der Waals surface area contributed by atoms with E-state index in [1.54, 1.807) is 20.1 Å². The first-order chi connectivity index (χ1) is 11.5. The van der Waals surface area contributed by atoms with Crippen LogP contribution in [-0.2, 0) is 31.9 Å². The Morgan fingerprint density at radius 1 is 1.25 bits per heavy atom. The standard InChI is InChI=1S/C19H24O5/c1-4-22-17(20)19(18(21)23-5-2)9-12(3)15(10-19)16-14-8-6-7-13(14)11-24-16/h11,15H,3-10H2,1-2H3. The minimum absolute atomic E-state index is 0.138. The zero-order chi connectivity index (χ0) is 17.3. The van der Waals surface area contributed by atoms with Crippen LogP contribution in [0, 0.1) is 5.41 Å². The maximum Gasteiger partial charge on any atom is 0.323 e. The molecule has 0 saturated heterocycles. The largest absolute Gasteiger partial charge is 0.468 e. The maximum absolute atomic E-state index is 12.6. The van der Waals surface area contributed by atoms with Crippen LogP contribution >= 0.6 is 0 Å². The topological polar surface area (TPSA) is 65.7 Å². The number of esters is 2. The lowest BCUT2D eigenvalue weighted by Crippen LogP contribution is -2.40. The third-order valence-corrected chi connectivity index (χ3v) is 5.11. The number of allylic oxidation sites excluding steroid dienone is 1. The molecule has 1 heterocycles. The van der Waals surface area contributed by atoms with Crippen LogP contribution in [0.2, 0.25) is 0 Å². The van der Waals surface area contributed by atoms with Crippen LogP contribution in [-0.4, -0.2) is 25.2 Å². The lowest BCUT2D eigenvalue weighted by molar-refractivity contribution is -0.171. The Kier molecular flexibility index (Phi) is 4.52. The predicted octanol–water partition coefficient (Wildman–Crippen LogP) is 3.31. The molecule has 24 heavy (non-hydrogen) atoms. The fourth-order valence-electron chi connectivity index (χ4n) is 3.96. The summed E-state index contributed by atoms with van der Waals surface area (Å²) < 4.78 is 16.2. The third kappa shape index (κ3) is 2.56. The van der Waals surface area contributed by atoms with E-state index in [0.29, 0.717) is 6.42 Å². The van der Waals surface area contributed by atoms with Gasteiger partial charge >= 0.3 is 11.9 Å². The molecule has 1 aromatic heterocycles.